The van der Waals surface area contributed by atoms with Crippen molar-refractivity contribution in [1.29, 1.82) is 0 Å². The fourth-order valence-corrected chi connectivity index (χ4v) is 4.10. The van der Waals surface area contributed by atoms with Crippen LogP contribution in [0.4, 0.5) is 5.69 Å². The molecule has 0 saturated carbocycles. The first-order chi connectivity index (χ1) is 11.1. The van der Waals surface area contributed by atoms with Gasteiger partial charge in [0.05, 0.1) is 5.69 Å². The fourth-order valence-electron chi connectivity index (χ4n) is 3.51. The Balaban J connectivity index is 2.01. The van der Waals surface area contributed by atoms with Crippen molar-refractivity contribution in [3.8, 4) is 0 Å². The van der Waals surface area contributed by atoms with Crippen molar-refractivity contribution in [2.24, 2.45) is 0 Å². The van der Waals surface area contributed by atoms with E-state index in [2.05, 4.69) is 58.5 Å². The molecule has 0 saturated heterocycles. The summed E-state index contributed by atoms with van der Waals surface area (Å²) in [7, 11) is 0. The normalized spacial score (nSPS) is 17.0. The van der Waals surface area contributed by atoms with Crippen molar-refractivity contribution < 1.29 is 4.79 Å². The van der Waals surface area contributed by atoms with E-state index in [1.807, 2.05) is 24.3 Å². The Hall–Kier alpha value is -2.13. The van der Waals surface area contributed by atoms with E-state index in [4.69, 9.17) is 0 Å². The number of hydrogen-bond acceptors (Lipinski definition) is 1. The maximum atomic E-state index is 12.3. The average molecular weight is 366 g/mol. The van der Waals surface area contributed by atoms with Crippen molar-refractivity contribution >= 4 is 38.3 Å². The summed E-state index contributed by atoms with van der Waals surface area (Å²) in [5.41, 5.74) is 4.59. The molecule has 0 fully saturated rings. The third-order valence-electron chi connectivity index (χ3n) is 4.62. The van der Waals surface area contributed by atoms with Gasteiger partial charge in [-0.25, -0.2) is 0 Å². The minimum atomic E-state index is 0.0817. The van der Waals surface area contributed by atoms with Crippen LogP contribution >= 0.6 is 15.9 Å². The van der Waals surface area contributed by atoms with Crippen molar-refractivity contribution in [2.45, 2.75) is 19.3 Å². The molecule has 0 bridgehead atoms. The van der Waals surface area contributed by atoms with Gasteiger partial charge < -0.3 is 5.32 Å². The van der Waals surface area contributed by atoms with Gasteiger partial charge in [0.15, 0.2) is 0 Å². The Kier molecular flexibility index (Phi) is 3.46. The standard InChI is InChI=1S/C20H16BrNO/c1-12-6-2-3-7-13(12)16-11-19(23)22-20-15-9-5-4-8-14(15)18(21)10-17(16)20/h2-10,16H,11H2,1H3,(H,22,23). The highest BCUT2D eigenvalue weighted by molar-refractivity contribution is 9.10. The van der Waals surface area contributed by atoms with E-state index < -0.39 is 0 Å². The molecule has 4 rings (SSSR count). The Morgan fingerprint density at radius 1 is 1.00 bits per heavy atom. The number of anilines is 1. The van der Waals surface area contributed by atoms with Crippen molar-refractivity contribution in [3.05, 3.63) is 75.8 Å². The van der Waals surface area contributed by atoms with E-state index in [0.717, 1.165) is 20.9 Å². The number of hydrogen-bond donors (Lipinski definition) is 1. The third kappa shape index (κ3) is 2.36. The van der Waals surface area contributed by atoms with Gasteiger partial charge in [-0.2, -0.15) is 0 Å². The lowest BCUT2D eigenvalue weighted by atomic mass is 9.81. The highest BCUT2D eigenvalue weighted by Crippen LogP contribution is 2.44. The molecule has 23 heavy (non-hydrogen) atoms. The zero-order valence-corrected chi connectivity index (χ0v) is 14.4. The van der Waals surface area contributed by atoms with Gasteiger partial charge in [-0.3, -0.25) is 4.79 Å². The van der Waals surface area contributed by atoms with Crippen LogP contribution in [0.1, 0.15) is 29.0 Å². The molecule has 1 N–H and O–H groups in total. The number of carbonyl (C=O) groups excluding carboxylic acids is 1. The van der Waals surface area contributed by atoms with Crippen LogP contribution in [0.25, 0.3) is 10.8 Å². The summed E-state index contributed by atoms with van der Waals surface area (Å²) in [6.45, 7) is 2.11. The Morgan fingerprint density at radius 2 is 1.70 bits per heavy atom. The lowest BCUT2D eigenvalue weighted by molar-refractivity contribution is -0.116. The van der Waals surface area contributed by atoms with E-state index in [1.54, 1.807) is 0 Å². The number of benzene rings is 3. The Morgan fingerprint density at radius 3 is 2.48 bits per heavy atom. The maximum Gasteiger partial charge on any atom is 0.225 e. The van der Waals surface area contributed by atoms with E-state index in [0.29, 0.717) is 6.42 Å². The number of amides is 1. The summed E-state index contributed by atoms with van der Waals surface area (Å²) in [5.74, 6) is 0.180. The first kappa shape index (κ1) is 14.5. The number of nitrogens with one attached hydrogen (secondary N) is 1. The molecule has 3 heteroatoms. The second kappa shape index (κ2) is 5.50. The van der Waals surface area contributed by atoms with Gasteiger partial charge in [0.25, 0.3) is 0 Å². The van der Waals surface area contributed by atoms with E-state index >= 15 is 0 Å². The summed E-state index contributed by atoms with van der Waals surface area (Å²) >= 11 is 3.70. The first-order valence-corrected chi connectivity index (χ1v) is 8.51. The molecular weight excluding hydrogens is 350 g/mol. The van der Waals surface area contributed by atoms with Crippen LogP contribution in [0.3, 0.4) is 0 Å². The molecule has 1 amide bonds. The molecule has 0 radical (unpaired) electrons. The molecule has 1 aliphatic rings. The van der Waals surface area contributed by atoms with E-state index in [9.17, 15) is 4.79 Å². The monoisotopic (exact) mass is 365 g/mol. The summed E-state index contributed by atoms with van der Waals surface area (Å²) in [6, 6.07) is 18.7. The van der Waals surface area contributed by atoms with Gasteiger partial charge in [0.1, 0.15) is 0 Å². The SMILES string of the molecule is Cc1ccccc1C1CC(=O)Nc2c1cc(Br)c1ccccc21. The molecule has 1 unspecified atom stereocenters. The summed E-state index contributed by atoms with van der Waals surface area (Å²) in [6.07, 6.45) is 0.489. The molecule has 1 aliphatic heterocycles. The fraction of sp³-hybridized carbons (Fsp3) is 0.150. The van der Waals surface area contributed by atoms with Crippen molar-refractivity contribution in [2.75, 3.05) is 5.32 Å². The maximum absolute atomic E-state index is 12.3. The number of rotatable bonds is 1. The molecule has 114 valence electrons. The Labute approximate surface area is 143 Å². The van der Waals surface area contributed by atoms with Crippen LogP contribution in [0.2, 0.25) is 0 Å². The largest absolute Gasteiger partial charge is 0.325 e. The predicted octanol–water partition coefficient (Wildman–Crippen LogP) is 5.38. The number of aryl methyl sites for hydroxylation is 1. The van der Waals surface area contributed by atoms with E-state index in [-0.39, 0.29) is 11.8 Å². The van der Waals surface area contributed by atoms with Gasteiger partial charge in [0.2, 0.25) is 5.91 Å². The van der Waals surface area contributed by atoms with Crippen LogP contribution in [-0.4, -0.2) is 5.91 Å². The molecule has 2 nitrogen and oxygen atoms in total. The van der Waals surface area contributed by atoms with Crippen LogP contribution < -0.4 is 5.32 Å². The summed E-state index contributed by atoms with van der Waals surface area (Å²) in [5, 5.41) is 5.30. The molecule has 1 heterocycles. The van der Waals surface area contributed by atoms with Gasteiger partial charge in [-0.1, -0.05) is 64.5 Å². The molecule has 0 aliphatic carbocycles. The second-order valence-electron chi connectivity index (χ2n) is 6.03. The van der Waals surface area contributed by atoms with Gasteiger partial charge in [0, 0.05) is 22.2 Å². The molecule has 0 aromatic heterocycles. The lowest BCUT2D eigenvalue weighted by Crippen LogP contribution is -2.24. The topological polar surface area (TPSA) is 29.1 Å². The van der Waals surface area contributed by atoms with Crippen molar-refractivity contribution in [3.63, 3.8) is 0 Å². The lowest BCUT2D eigenvalue weighted by Gasteiger charge is -2.28. The molecule has 1 atom stereocenters. The van der Waals surface area contributed by atoms with Crippen LogP contribution in [0, 0.1) is 6.92 Å². The minimum Gasteiger partial charge on any atom is -0.325 e. The number of fused-ring (bicyclic) bond motifs is 3. The smallest absolute Gasteiger partial charge is 0.225 e. The molecular formula is C20H16BrNO. The number of halogens is 1. The zero-order chi connectivity index (χ0) is 16.0. The van der Waals surface area contributed by atoms with Gasteiger partial charge in [-0.15, -0.1) is 0 Å². The van der Waals surface area contributed by atoms with Crippen LogP contribution in [0.15, 0.2) is 59.1 Å². The van der Waals surface area contributed by atoms with Gasteiger partial charge in [-0.05, 0) is 35.1 Å². The number of carbonyl (C=O) groups is 1. The highest BCUT2D eigenvalue weighted by Gasteiger charge is 2.29. The van der Waals surface area contributed by atoms with Crippen LogP contribution in [0.5, 0.6) is 0 Å². The Bertz CT molecular complexity index is 932. The average Bonchev–Trinajstić information content (AvgIpc) is 2.56. The summed E-state index contributed by atoms with van der Waals surface area (Å²) < 4.78 is 1.07. The van der Waals surface area contributed by atoms with Crippen molar-refractivity contribution in [1.82, 2.24) is 0 Å². The quantitative estimate of drug-likeness (QED) is 0.615. The molecule has 0 spiro atoms. The van der Waals surface area contributed by atoms with Gasteiger partial charge >= 0.3 is 0 Å². The second-order valence-corrected chi connectivity index (χ2v) is 6.88. The predicted molar refractivity (Wildman–Crippen MR) is 97.9 cm³/mol. The van der Waals surface area contributed by atoms with Crippen LogP contribution in [-0.2, 0) is 4.79 Å². The van der Waals surface area contributed by atoms with E-state index in [1.165, 1.54) is 16.7 Å². The zero-order valence-electron chi connectivity index (χ0n) is 12.8. The minimum absolute atomic E-state index is 0.0817. The molecule has 3 aromatic carbocycles. The summed E-state index contributed by atoms with van der Waals surface area (Å²) in [4.78, 5) is 12.3. The highest BCUT2D eigenvalue weighted by atomic mass is 79.9. The first-order valence-electron chi connectivity index (χ1n) is 7.71. The molecule has 3 aromatic rings. The third-order valence-corrected chi connectivity index (χ3v) is 5.27.